The number of amides is 2. The largest absolute Gasteiger partial charge is 0.465 e. The van der Waals surface area contributed by atoms with E-state index in [-0.39, 0.29) is 10.7 Å². The van der Waals surface area contributed by atoms with E-state index in [1.165, 1.54) is 12.0 Å². The van der Waals surface area contributed by atoms with Crippen molar-refractivity contribution in [2.45, 2.75) is 27.7 Å². The highest BCUT2D eigenvalue weighted by molar-refractivity contribution is 7.80. The summed E-state index contributed by atoms with van der Waals surface area (Å²) in [5.74, 6) is -1.50. The van der Waals surface area contributed by atoms with Gasteiger partial charge in [-0.25, -0.2) is 4.79 Å². The fraction of sp³-hybridized carbons (Fsp3) is 0.185. The third-order valence-electron chi connectivity index (χ3n) is 6.02. The number of methoxy groups -OCH3 is 1. The molecule has 178 valence electrons. The Bertz CT molecular complexity index is 1430. The van der Waals surface area contributed by atoms with E-state index in [4.69, 9.17) is 17.0 Å². The lowest BCUT2D eigenvalue weighted by Crippen LogP contribution is -2.54. The van der Waals surface area contributed by atoms with Crippen LogP contribution in [0.15, 0.2) is 54.1 Å². The number of esters is 1. The molecule has 0 unspecified atom stereocenters. The maximum atomic E-state index is 13.5. The molecule has 0 atom stereocenters. The standard InChI is InChI=1S/C27H25N3O4S/c1-15-10-11-22(16(2)12-15)30-25(32)21(24(31)28-27(30)35)14-19-13-17(3)29(18(19)4)23-9-7-6-8-20(23)26(33)34-5/h6-14H,1-5H3,(H,28,31,35). The number of benzene rings is 2. The highest BCUT2D eigenvalue weighted by Crippen LogP contribution is 2.29. The molecule has 1 saturated heterocycles. The molecule has 2 heterocycles. The van der Waals surface area contributed by atoms with E-state index in [1.54, 1.807) is 18.2 Å². The van der Waals surface area contributed by atoms with Crippen LogP contribution in [-0.4, -0.2) is 34.6 Å². The quantitative estimate of drug-likeness (QED) is 0.256. The Hall–Kier alpha value is -4.04. The summed E-state index contributed by atoms with van der Waals surface area (Å²) < 4.78 is 6.84. The zero-order chi connectivity index (χ0) is 25.4. The lowest BCUT2D eigenvalue weighted by molar-refractivity contribution is -0.122. The topological polar surface area (TPSA) is 80.6 Å². The molecule has 0 saturated carbocycles. The van der Waals surface area contributed by atoms with Gasteiger partial charge in [0.1, 0.15) is 5.57 Å². The average Bonchev–Trinajstić information content (AvgIpc) is 3.09. The summed E-state index contributed by atoms with van der Waals surface area (Å²) in [6, 6.07) is 14.6. The molecule has 35 heavy (non-hydrogen) atoms. The summed E-state index contributed by atoms with van der Waals surface area (Å²) in [6.07, 6.45) is 1.57. The molecule has 1 aromatic heterocycles. The van der Waals surface area contributed by atoms with Crippen molar-refractivity contribution in [2.75, 3.05) is 12.0 Å². The predicted octanol–water partition coefficient (Wildman–Crippen LogP) is 4.33. The first kappa shape index (κ1) is 24.1. The van der Waals surface area contributed by atoms with Gasteiger partial charge in [-0.15, -0.1) is 0 Å². The Morgan fingerprint density at radius 1 is 1.00 bits per heavy atom. The number of hydrogen-bond donors (Lipinski definition) is 1. The van der Waals surface area contributed by atoms with Crippen molar-refractivity contribution in [3.63, 3.8) is 0 Å². The number of ether oxygens (including phenoxy) is 1. The monoisotopic (exact) mass is 487 g/mol. The molecule has 1 fully saturated rings. The first-order chi connectivity index (χ1) is 16.6. The molecule has 2 aromatic carbocycles. The van der Waals surface area contributed by atoms with Gasteiger partial charge < -0.3 is 9.30 Å². The van der Waals surface area contributed by atoms with Gasteiger partial charge in [-0.1, -0.05) is 29.8 Å². The van der Waals surface area contributed by atoms with Crippen molar-refractivity contribution >= 4 is 46.9 Å². The molecule has 8 heteroatoms. The van der Waals surface area contributed by atoms with E-state index in [2.05, 4.69) is 5.32 Å². The molecular weight excluding hydrogens is 462 g/mol. The molecule has 1 N–H and O–H groups in total. The van der Waals surface area contributed by atoms with Crippen LogP contribution in [0, 0.1) is 27.7 Å². The minimum absolute atomic E-state index is 0.0277. The summed E-state index contributed by atoms with van der Waals surface area (Å²) in [6.45, 7) is 7.62. The van der Waals surface area contributed by atoms with Crippen LogP contribution in [0.25, 0.3) is 11.8 Å². The number of anilines is 1. The molecule has 1 aliphatic heterocycles. The molecule has 0 aliphatic carbocycles. The summed E-state index contributed by atoms with van der Waals surface area (Å²) in [5, 5.41) is 2.68. The first-order valence-electron chi connectivity index (χ1n) is 11.0. The smallest absolute Gasteiger partial charge is 0.339 e. The van der Waals surface area contributed by atoms with E-state index in [1.807, 2.05) is 68.7 Å². The number of nitrogens with one attached hydrogen (secondary N) is 1. The number of aromatic nitrogens is 1. The lowest BCUT2D eigenvalue weighted by Gasteiger charge is -2.30. The van der Waals surface area contributed by atoms with Crippen LogP contribution < -0.4 is 10.2 Å². The number of para-hydroxylation sites is 1. The Labute approximate surface area is 209 Å². The van der Waals surface area contributed by atoms with Crippen LogP contribution >= 0.6 is 12.2 Å². The van der Waals surface area contributed by atoms with Crippen molar-refractivity contribution in [3.8, 4) is 5.69 Å². The van der Waals surface area contributed by atoms with Gasteiger partial charge in [0.05, 0.1) is 24.0 Å². The molecule has 0 radical (unpaired) electrons. The summed E-state index contributed by atoms with van der Waals surface area (Å²) in [7, 11) is 1.34. The molecule has 7 nitrogen and oxygen atoms in total. The van der Waals surface area contributed by atoms with Gasteiger partial charge >= 0.3 is 5.97 Å². The number of carbonyl (C=O) groups is 3. The summed E-state index contributed by atoms with van der Waals surface area (Å²) in [4.78, 5) is 40.0. The van der Waals surface area contributed by atoms with E-state index in [9.17, 15) is 14.4 Å². The van der Waals surface area contributed by atoms with Gasteiger partial charge in [-0.3, -0.25) is 19.8 Å². The molecule has 0 spiro atoms. The summed E-state index contributed by atoms with van der Waals surface area (Å²) in [5.41, 5.74) is 5.85. The Balaban J connectivity index is 1.80. The molecule has 1 aliphatic rings. The molecular formula is C27H25N3O4S. The maximum absolute atomic E-state index is 13.5. The van der Waals surface area contributed by atoms with Gasteiger partial charge in [0, 0.05) is 11.4 Å². The van der Waals surface area contributed by atoms with Crippen LogP contribution in [0.1, 0.15) is 38.4 Å². The van der Waals surface area contributed by atoms with E-state index in [0.29, 0.717) is 22.5 Å². The number of hydrogen-bond acceptors (Lipinski definition) is 5. The SMILES string of the molecule is COC(=O)c1ccccc1-n1c(C)cc(C=C2C(=O)NC(=S)N(c3ccc(C)cc3C)C2=O)c1C. The maximum Gasteiger partial charge on any atom is 0.339 e. The predicted molar refractivity (Wildman–Crippen MR) is 139 cm³/mol. The van der Waals surface area contributed by atoms with Gasteiger partial charge in [0.25, 0.3) is 11.8 Å². The zero-order valence-corrected chi connectivity index (χ0v) is 20.9. The summed E-state index contributed by atoms with van der Waals surface area (Å²) >= 11 is 5.34. The van der Waals surface area contributed by atoms with Gasteiger partial charge in [-0.05, 0) is 81.4 Å². The third kappa shape index (κ3) is 4.28. The fourth-order valence-corrected chi connectivity index (χ4v) is 4.62. The van der Waals surface area contributed by atoms with Crippen LogP contribution in [0.5, 0.6) is 0 Å². The second kappa shape index (κ2) is 9.31. The fourth-order valence-electron chi connectivity index (χ4n) is 4.34. The molecule has 3 aromatic rings. The van der Waals surface area contributed by atoms with Gasteiger partial charge in [0.15, 0.2) is 5.11 Å². The minimum atomic E-state index is -0.555. The van der Waals surface area contributed by atoms with Crippen molar-refractivity contribution in [2.24, 2.45) is 0 Å². The number of nitrogens with zero attached hydrogens (tertiary/aromatic N) is 2. The van der Waals surface area contributed by atoms with Crippen LogP contribution in [0.3, 0.4) is 0 Å². The highest BCUT2D eigenvalue weighted by Gasteiger charge is 2.35. The second-order valence-corrected chi connectivity index (χ2v) is 8.81. The Morgan fingerprint density at radius 2 is 1.71 bits per heavy atom. The minimum Gasteiger partial charge on any atom is -0.465 e. The highest BCUT2D eigenvalue weighted by atomic mass is 32.1. The molecule has 2 amide bonds. The molecule has 4 rings (SSSR count). The zero-order valence-electron chi connectivity index (χ0n) is 20.1. The first-order valence-corrected chi connectivity index (χ1v) is 11.4. The van der Waals surface area contributed by atoms with Crippen LogP contribution in [-0.2, 0) is 14.3 Å². The van der Waals surface area contributed by atoms with E-state index < -0.39 is 17.8 Å². The molecule has 0 bridgehead atoms. The Morgan fingerprint density at radius 3 is 2.40 bits per heavy atom. The number of aryl methyl sites for hydroxylation is 3. The normalized spacial score (nSPS) is 14.9. The number of thiocarbonyl (C=S) groups is 1. The third-order valence-corrected chi connectivity index (χ3v) is 6.30. The Kier molecular flexibility index (Phi) is 6.41. The van der Waals surface area contributed by atoms with Crippen molar-refractivity contribution in [1.29, 1.82) is 0 Å². The van der Waals surface area contributed by atoms with E-state index >= 15 is 0 Å². The van der Waals surface area contributed by atoms with Crippen LogP contribution in [0.4, 0.5) is 5.69 Å². The van der Waals surface area contributed by atoms with Gasteiger partial charge in [0.2, 0.25) is 0 Å². The van der Waals surface area contributed by atoms with Crippen molar-refractivity contribution < 1.29 is 19.1 Å². The van der Waals surface area contributed by atoms with Gasteiger partial charge in [-0.2, -0.15) is 0 Å². The van der Waals surface area contributed by atoms with E-state index in [0.717, 1.165) is 22.5 Å². The van der Waals surface area contributed by atoms with Crippen molar-refractivity contribution in [1.82, 2.24) is 9.88 Å². The van der Waals surface area contributed by atoms with Crippen molar-refractivity contribution in [3.05, 3.63) is 87.7 Å². The average molecular weight is 488 g/mol. The second-order valence-electron chi connectivity index (χ2n) is 8.42. The number of rotatable bonds is 4. The lowest BCUT2D eigenvalue weighted by atomic mass is 10.0. The number of carbonyl (C=O) groups excluding carboxylic acids is 3. The van der Waals surface area contributed by atoms with Crippen LogP contribution in [0.2, 0.25) is 0 Å².